The zero-order valence-corrected chi connectivity index (χ0v) is 23.9. The summed E-state index contributed by atoms with van der Waals surface area (Å²) in [5.74, 6) is -0.686. The number of nitrogens with zero attached hydrogens (tertiary/aromatic N) is 2. The molecule has 3 aromatic rings. The summed E-state index contributed by atoms with van der Waals surface area (Å²) in [6.07, 6.45) is 4.15. The Balaban J connectivity index is 0.000000495. The van der Waals surface area contributed by atoms with Gasteiger partial charge in [-0.3, -0.25) is 4.79 Å². The average Bonchev–Trinajstić information content (AvgIpc) is 3.94. The van der Waals surface area contributed by atoms with E-state index in [0.717, 1.165) is 36.8 Å². The van der Waals surface area contributed by atoms with Crippen LogP contribution in [0, 0.1) is 22.7 Å². The Kier molecular flexibility index (Phi) is 17.3. The highest BCUT2D eigenvalue weighted by atomic mass is 16.4. The molecule has 38 heavy (non-hydrogen) atoms. The molecule has 0 radical (unpaired) electrons. The highest BCUT2D eigenvalue weighted by Gasteiger charge is 2.51. The summed E-state index contributed by atoms with van der Waals surface area (Å²) in [6.45, 7) is 12.0. The van der Waals surface area contributed by atoms with Crippen molar-refractivity contribution in [3.05, 3.63) is 108 Å². The van der Waals surface area contributed by atoms with Gasteiger partial charge in [-0.2, -0.15) is 10.5 Å². The largest absolute Gasteiger partial charge is 0.481 e. The van der Waals surface area contributed by atoms with Gasteiger partial charge in [-0.25, -0.2) is 0 Å². The lowest BCUT2D eigenvalue weighted by Gasteiger charge is -2.08. The molecule has 2 aliphatic carbocycles. The molecule has 2 saturated carbocycles. The third-order valence-corrected chi connectivity index (χ3v) is 5.90. The maximum atomic E-state index is 10.9. The van der Waals surface area contributed by atoms with Crippen molar-refractivity contribution < 1.29 is 9.90 Å². The molecule has 0 unspecified atom stereocenters. The minimum atomic E-state index is -0.686. The van der Waals surface area contributed by atoms with Gasteiger partial charge in [-0.1, -0.05) is 133 Å². The van der Waals surface area contributed by atoms with E-state index in [9.17, 15) is 4.79 Å². The fourth-order valence-electron chi connectivity index (χ4n) is 3.54. The third kappa shape index (κ3) is 10.6. The highest BCUT2D eigenvalue weighted by molar-refractivity contribution is 5.84. The van der Waals surface area contributed by atoms with Crippen LogP contribution in [-0.4, -0.2) is 11.1 Å². The molecule has 0 atom stereocenters. The molecule has 0 aliphatic heterocycles. The van der Waals surface area contributed by atoms with Gasteiger partial charge in [0.25, 0.3) is 0 Å². The molecule has 4 heteroatoms. The van der Waals surface area contributed by atoms with Gasteiger partial charge in [-0.15, -0.1) is 0 Å². The first-order valence-corrected chi connectivity index (χ1v) is 13.7. The summed E-state index contributed by atoms with van der Waals surface area (Å²) in [7, 11) is 0. The van der Waals surface area contributed by atoms with Crippen LogP contribution in [0.2, 0.25) is 0 Å². The molecule has 3 aromatic carbocycles. The predicted octanol–water partition coefficient (Wildman–Crippen LogP) is 8.88. The Morgan fingerprint density at radius 3 is 1.39 bits per heavy atom. The van der Waals surface area contributed by atoms with E-state index in [-0.39, 0.29) is 5.41 Å². The maximum Gasteiger partial charge on any atom is 0.314 e. The average molecular weight is 513 g/mol. The molecule has 5 rings (SSSR count). The van der Waals surface area contributed by atoms with Crippen LogP contribution >= 0.6 is 0 Å². The maximum absolute atomic E-state index is 10.9. The van der Waals surface area contributed by atoms with Crippen LogP contribution in [0.5, 0.6) is 0 Å². The number of aliphatic carboxylic acids is 1. The van der Waals surface area contributed by atoms with Crippen molar-refractivity contribution in [2.45, 2.75) is 84.5 Å². The second-order valence-corrected chi connectivity index (χ2v) is 8.13. The van der Waals surface area contributed by atoms with Crippen molar-refractivity contribution in [2.75, 3.05) is 0 Å². The molecular weight excluding hydrogens is 468 g/mol. The van der Waals surface area contributed by atoms with Crippen LogP contribution in [0.3, 0.4) is 0 Å². The van der Waals surface area contributed by atoms with Crippen molar-refractivity contribution in [3.63, 3.8) is 0 Å². The summed E-state index contributed by atoms with van der Waals surface area (Å²) >= 11 is 0. The van der Waals surface area contributed by atoms with Crippen LogP contribution < -0.4 is 0 Å². The number of nitriles is 2. The molecule has 0 amide bonds. The van der Waals surface area contributed by atoms with Crippen LogP contribution in [0.15, 0.2) is 91.0 Å². The lowest BCUT2D eigenvalue weighted by molar-refractivity contribution is -0.140. The van der Waals surface area contributed by atoms with Gasteiger partial charge in [0.05, 0.1) is 29.4 Å². The van der Waals surface area contributed by atoms with E-state index in [2.05, 4.69) is 12.1 Å². The Bertz CT molecular complexity index is 1090. The Morgan fingerprint density at radius 1 is 0.684 bits per heavy atom. The van der Waals surface area contributed by atoms with Gasteiger partial charge in [0, 0.05) is 0 Å². The number of hydrogen-bond acceptors (Lipinski definition) is 3. The molecule has 2 fully saturated rings. The van der Waals surface area contributed by atoms with Crippen LogP contribution in [-0.2, 0) is 22.0 Å². The molecule has 2 aliphatic rings. The summed E-state index contributed by atoms with van der Waals surface area (Å²) in [5.41, 5.74) is 2.56. The molecule has 0 aromatic heterocycles. The minimum absolute atomic E-state index is 0.110. The monoisotopic (exact) mass is 512 g/mol. The first-order valence-electron chi connectivity index (χ1n) is 13.7. The highest BCUT2D eigenvalue weighted by Crippen LogP contribution is 2.48. The molecule has 1 N–H and O–H groups in total. The van der Waals surface area contributed by atoms with E-state index in [1.807, 2.05) is 133 Å². The lowest BCUT2D eigenvalue weighted by Crippen LogP contribution is -2.19. The zero-order valence-electron chi connectivity index (χ0n) is 23.9. The number of carboxylic acids is 1. The molecule has 202 valence electrons. The van der Waals surface area contributed by atoms with Gasteiger partial charge in [0.15, 0.2) is 0 Å². The van der Waals surface area contributed by atoms with Crippen molar-refractivity contribution in [1.29, 1.82) is 10.5 Å². The van der Waals surface area contributed by atoms with Crippen LogP contribution in [0.1, 0.15) is 83.9 Å². The fraction of sp³-hybridized carbons (Fsp3) is 0.382. The first-order chi connectivity index (χ1) is 18.6. The van der Waals surface area contributed by atoms with E-state index in [1.54, 1.807) is 0 Å². The van der Waals surface area contributed by atoms with Crippen molar-refractivity contribution in [2.24, 2.45) is 0 Å². The number of benzene rings is 3. The van der Waals surface area contributed by atoms with Gasteiger partial charge in [-0.05, 0) is 42.4 Å². The molecule has 4 nitrogen and oxygen atoms in total. The van der Waals surface area contributed by atoms with Gasteiger partial charge in [0.1, 0.15) is 0 Å². The molecular formula is C34H44N2O2. The smallest absolute Gasteiger partial charge is 0.314 e. The first kappa shape index (κ1) is 34.1. The summed E-state index contributed by atoms with van der Waals surface area (Å²) in [4.78, 5) is 10.9. The minimum Gasteiger partial charge on any atom is -0.481 e. The molecule has 0 heterocycles. The second kappa shape index (κ2) is 19.3. The zero-order chi connectivity index (χ0) is 28.9. The lowest BCUT2D eigenvalue weighted by atomic mass is 9.97. The molecule has 0 saturated heterocycles. The summed E-state index contributed by atoms with van der Waals surface area (Å²) in [5, 5.41) is 26.1. The molecule has 0 spiro atoms. The van der Waals surface area contributed by atoms with Gasteiger partial charge < -0.3 is 5.11 Å². The van der Waals surface area contributed by atoms with E-state index in [4.69, 9.17) is 15.6 Å². The quantitative estimate of drug-likeness (QED) is 0.378. The summed E-state index contributed by atoms with van der Waals surface area (Å²) < 4.78 is 0. The summed E-state index contributed by atoms with van der Waals surface area (Å²) in [6, 6.07) is 33.7. The standard InChI is InChI=1S/C10H9N.C10H10O2.C8H7N.3C2H6/c11-8-10(6-7-10)9-4-2-1-3-5-9;11-9(12)10(6-7-10)8-4-2-1-3-5-8;9-7-6-8-4-2-1-3-5-8;3*1-2/h1-5H,6-7H2;1-5H,6-7H2,(H,11,12);1-5H,6H2;3*1-2H3. The van der Waals surface area contributed by atoms with Gasteiger partial charge >= 0.3 is 5.97 Å². The van der Waals surface area contributed by atoms with E-state index in [1.165, 1.54) is 5.56 Å². The fourth-order valence-corrected chi connectivity index (χ4v) is 3.54. The van der Waals surface area contributed by atoms with Crippen molar-refractivity contribution in [1.82, 2.24) is 0 Å². The number of rotatable bonds is 4. The Hall–Kier alpha value is -3.89. The number of carbonyl (C=O) groups is 1. The van der Waals surface area contributed by atoms with E-state index in [0.29, 0.717) is 6.42 Å². The number of carboxylic acid groups (broad SMARTS) is 1. The number of hydrogen-bond donors (Lipinski definition) is 1. The Labute approximate surface area is 230 Å². The topological polar surface area (TPSA) is 84.9 Å². The van der Waals surface area contributed by atoms with Crippen LogP contribution in [0.25, 0.3) is 0 Å². The van der Waals surface area contributed by atoms with E-state index < -0.39 is 11.4 Å². The molecule has 0 bridgehead atoms. The Morgan fingerprint density at radius 2 is 1.08 bits per heavy atom. The van der Waals surface area contributed by atoms with Crippen molar-refractivity contribution in [3.8, 4) is 12.1 Å². The van der Waals surface area contributed by atoms with Gasteiger partial charge in [0.2, 0.25) is 0 Å². The second-order valence-electron chi connectivity index (χ2n) is 8.13. The van der Waals surface area contributed by atoms with Crippen LogP contribution in [0.4, 0.5) is 0 Å². The SMILES string of the molecule is CC.CC.CC.N#CC1(c2ccccc2)CC1.N#CCc1ccccc1.O=C(O)C1(c2ccccc2)CC1. The predicted molar refractivity (Wildman–Crippen MR) is 158 cm³/mol. The third-order valence-electron chi connectivity index (χ3n) is 5.90. The normalized spacial score (nSPS) is 13.8. The van der Waals surface area contributed by atoms with E-state index >= 15 is 0 Å². The van der Waals surface area contributed by atoms with Crippen molar-refractivity contribution >= 4 is 5.97 Å².